The summed E-state index contributed by atoms with van der Waals surface area (Å²) in [4.78, 5) is 0. The summed E-state index contributed by atoms with van der Waals surface area (Å²) in [5, 5.41) is 3.55. The molecule has 0 aliphatic heterocycles. The summed E-state index contributed by atoms with van der Waals surface area (Å²) in [5.74, 6) is 2.23. The molecule has 0 amide bonds. The maximum atomic E-state index is 11.5. The third-order valence-electron chi connectivity index (χ3n) is 4.18. The van der Waals surface area contributed by atoms with Crippen LogP contribution in [0.3, 0.4) is 0 Å². The SMILES string of the molecule is CCNC(CCCS(=O)(=O)CC)C1CCC(C)C1. The van der Waals surface area contributed by atoms with E-state index in [1.165, 1.54) is 19.3 Å². The Labute approximate surface area is 113 Å². The predicted molar refractivity (Wildman–Crippen MR) is 77.5 cm³/mol. The molecule has 0 saturated heterocycles. The molecule has 0 bridgehead atoms. The van der Waals surface area contributed by atoms with E-state index in [2.05, 4.69) is 19.2 Å². The lowest BCUT2D eigenvalue weighted by atomic mass is 9.93. The fourth-order valence-corrected chi connectivity index (χ4v) is 3.95. The second-order valence-corrected chi connectivity index (χ2v) is 8.19. The molecule has 1 N–H and O–H groups in total. The molecule has 4 heteroatoms. The van der Waals surface area contributed by atoms with Crippen LogP contribution in [-0.4, -0.2) is 32.5 Å². The molecule has 3 nitrogen and oxygen atoms in total. The second kappa shape index (κ2) is 7.49. The average Bonchev–Trinajstić information content (AvgIpc) is 2.74. The van der Waals surface area contributed by atoms with Crippen LogP contribution in [0.1, 0.15) is 52.9 Å². The standard InChI is InChI=1S/C14H29NO2S/c1-4-15-14(13-9-8-12(3)11-13)7-6-10-18(16,17)5-2/h12-15H,4-11H2,1-3H3. The summed E-state index contributed by atoms with van der Waals surface area (Å²) in [5.41, 5.74) is 0. The molecule has 18 heavy (non-hydrogen) atoms. The monoisotopic (exact) mass is 275 g/mol. The van der Waals surface area contributed by atoms with E-state index in [0.29, 0.717) is 11.8 Å². The van der Waals surface area contributed by atoms with Crippen LogP contribution < -0.4 is 5.32 Å². The first-order chi connectivity index (χ1) is 8.48. The van der Waals surface area contributed by atoms with Gasteiger partial charge in [0.15, 0.2) is 0 Å². The minimum Gasteiger partial charge on any atom is -0.314 e. The zero-order chi connectivity index (χ0) is 13.6. The van der Waals surface area contributed by atoms with Gasteiger partial charge in [-0.2, -0.15) is 0 Å². The van der Waals surface area contributed by atoms with E-state index in [-0.39, 0.29) is 5.75 Å². The van der Waals surface area contributed by atoms with Crippen molar-refractivity contribution in [3.8, 4) is 0 Å². The molecule has 0 aromatic heterocycles. The molecule has 108 valence electrons. The van der Waals surface area contributed by atoms with Crippen LogP contribution in [0.5, 0.6) is 0 Å². The van der Waals surface area contributed by atoms with E-state index in [1.807, 2.05) is 0 Å². The van der Waals surface area contributed by atoms with Crippen LogP contribution in [0, 0.1) is 11.8 Å². The van der Waals surface area contributed by atoms with Gasteiger partial charge < -0.3 is 5.32 Å². The summed E-state index contributed by atoms with van der Waals surface area (Å²) in [6.45, 7) is 7.17. The number of rotatable bonds is 8. The van der Waals surface area contributed by atoms with E-state index < -0.39 is 9.84 Å². The van der Waals surface area contributed by atoms with Gasteiger partial charge in [-0.05, 0) is 44.1 Å². The summed E-state index contributed by atoms with van der Waals surface area (Å²) in [6, 6.07) is 0.520. The van der Waals surface area contributed by atoms with Gasteiger partial charge in [-0.3, -0.25) is 0 Å². The zero-order valence-corrected chi connectivity index (χ0v) is 12.9. The minimum atomic E-state index is -2.79. The second-order valence-electron chi connectivity index (χ2n) is 5.72. The third-order valence-corrected chi connectivity index (χ3v) is 5.97. The molecular formula is C14H29NO2S. The topological polar surface area (TPSA) is 46.2 Å². The molecule has 1 rings (SSSR count). The normalized spacial score (nSPS) is 26.4. The molecule has 3 unspecified atom stereocenters. The van der Waals surface area contributed by atoms with Crippen LogP contribution in [0.25, 0.3) is 0 Å². The van der Waals surface area contributed by atoms with Crippen LogP contribution >= 0.6 is 0 Å². The molecule has 0 heterocycles. The van der Waals surface area contributed by atoms with Gasteiger partial charge in [0, 0.05) is 11.8 Å². The Morgan fingerprint density at radius 3 is 2.50 bits per heavy atom. The molecule has 0 aromatic carbocycles. The molecule has 1 aliphatic rings. The van der Waals surface area contributed by atoms with Crippen molar-refractivity contribution >= 4 is 9.84 Å². The summed E-state index contributed by atoms with van der Waals surface area (Å²) < 4.78 is 23.0. The van der Waals surface area contributed by atoms with Gasteiger partial charge in [0.2, 0.25) is 0 Å². The maximum Gasteiger partial charge on any atom is 0.150 e. The van der Waals surface area contributed by atoms with Gasteiger partial charge in [0.1, 0.15) is 9.84 Å². The van der Waals surface area contributed by atoms with Crippen LogP contribution in [0.2, 0.25) is 0 Å². The highest BCUT2D eigenvalue weighted by molar-refractivity contribution is 7.91. The van der Waals surface area contributed by atoms with Crippen molar-refractivity contribution < 1.29 is 8.42 Å². The smallest absolute Gasteiger partial charge is 0.150 e. The molecule has 0 spiro atoms. The summed E-state index contributed by atoms with van der Waals surface area (Å²) >= 11 is 0. The average molecular weight is 275 g/mol. The largest absolute Gasteiger partial charge is 0.314 e. The van der Waals surface area contributed by atoms with Crippen molar-refractivity contribution in [2.45, 2.75) is 58.9 Å². The molecule has 1 aliphatic carbocycles. The van der Waals surface area contributed by atoms with Gasteiger partial charge in [0.05, 0.1) is 5.75 Å². The highest BCUT2D eigenvalue weighted by atomic mass is 32.2. The van der Waals surface area contributed by atoms with Crippen molar-refractivity contribution in [2.24, 2.45) is 11.8 Å². The fourth-order valence-electron chi connectivity index (χ4n) is 3.05. The predicted octanol–water partition coefficient (Wildman–Crippen LogP) is 2.62. The first kappa shape index (κ1) is 16.0. The van der Waals surface area contributed by atoms with Crippen LogP contribution in [0.15, 0.2) is 0 Å². The lowest BCUT2D eigenvalue weighted by Crippen LogP contribution is -2.35. The molecule has 1 saturated carbocycles. The fraction of sp³-hybridized carbons (Fsp3) is 1.00. The van der Waals surface area contributed by atoms with Crippen molar-refractivity contribution in [2.75, 3.05) is 18.1 Å². The maximum absolute atomic E-state index is 11.5. The first-order valence-corrected chi connectivity index (χ1v) is 9.24. The van der Waals surface area contributed by atoms with Crippen molar-refractivity contribution in [3.05, 3.63) is 0 Å². The van der Waals surface area contributed by atoms with Crippen molar-refractivity contribution in [3.63, 3.8) is 0 Å². The number of sulfone groups is 1. The van der Waals surface area contributed by atoms with Gasteiger partial charge in [-0.25, -0.2) is 8.42 Å². The Balaban J connectivity index is 2.39. The molecule has 3 atom stereocenters. The Hall–Kier alpha value is -0.0900. The summed E-state index contributed by atoms with van der Waals surface area (Å²) in [7, 11) is -2.79. The van der Waals surface area contributed by atoms with Gasteiger partial charge >= 0.3 is 0 Å². The first-order valence-electron chi connectivity index (χ1n) is 7.42. The highest BCUT2D eigenvalue weighted by Gasteiger charge is 2.28. The van der Waals surface area contributed by atoms with E-state index in [9.17, 15) is 8.42 Å². The Morgan fingerprint density at radius 1 is 1.28 bits per heavy atom. The van der Waals surface area contributed by atoms with E-state index in [0.717, 1.165) is 31.2 Å². The number of hydrogen-bond donors (Lipinski definition) is 1. The van der Waals surface area contributed by atoms with Gasteiger partial charge in [-0.1, -0.05) is 27.2 Å². The highest BCUT2D eigenvalue weighted by Crippen LogP contribution is 2.33. The number of nitrogens with one attached hydrogen (secondary N) is 1. The minimum absolute atomic E-state index is 0.277. The quantitative estimate of drug-likeness (QED) is 0.740. The van der Waals surface area contributed by atoms with Crippen molar-refractivity contribution in [1.29, 1.82) is 0 Å². The third kappa shape index (κ3) is 5.27. The van der Waals surface area contributed by atoms with E-state index in [4.69, 9.17) is 0 Å². The lowest BCUT2D eigenvalue weighted by Gasteiger charge is -2.24. The number of hydrogen-bond acceptors (Lipinski definition) is 3. The van der Waals surface area contributed by atoms with Gasteiger partial charge in [-0.15, -0.1) is 0 Å². The Kier molecular flexibility index (Phi) is 6.64. The van der Waals surface area contributed by atoms with Crippen LogP contribution in [-0.2, 0) is 9.84 Å². The molecule has 0 radical (unpaired) electrons. The molecular weight excluding hydrogens is 246 g/mol. The Bertz CT molecular complexity index is 327. The van der Waals surface area contributed by atoms with E-state index >= 15 is 0 Å². The Morgan fingerprint density at radius 2 is 2.00 bits per heavy atom. The van der Waals surface area contributed by atoms with Crippen LogP contribution in [0.4, 0.5) is 0 Å². The lowest BCUT2D eigenvalue weighted by molar-refractivity contribution is 0.336. The van der Waals surface area contributed by atoms with E-state index in [1.54, 1.807) is 6.92 Å². The van der Waals surface area contributed by atoms with Crippen molar-refractivity contribution in [1.82, 2.24) is 5.32 Å². The molecule has 1 fully saturated rings. The van der Waals surface area contributed by atoms with Gasteiger partial charge in [0.25, 0.3) is 0 Å². The summed E-state index contributed by atoms with van der Waals surface area (Å²) in [6.07, 6.45) is 5.75. The zero-order valence-electron chi connectivity index (χ0n) is 12.1. The molecule has 0 aromatic rings.